The summed E-state index contributed by atoms with van der Waals surface area (Å²) in [6.07, 6.45) is 0. The first-order valence-electron chi connectivity index (χ1n) is 2.33. The standard InChI is InChI=1S/C8H8.Y/c1-5-6-8(4)7(2)3;/h2,4H,1,3H3;/q-2;. The summed E-state index contributed by atoms with van der Waals surface area (Å²) in [6, 6.07) is 0. The Kier molecular flexibility index (Phi) is 8.27. The summed E-state index contributed by atoms with van der Waals surface area (Å²) >= 11 is 0. The van der Waals surface area contributed by atoms with Crippen molar-refractivity contribution in [3.05, 3.63) is 24.3 Å². The fourth-order valence-electron chi connectivity index (χ4n) is 0.233. The van der Waals surface area contributed by atoms with Gasteiger partial charge in [-0.05, 0) is 6.92 Å². The maximum Gasteiger partial charge on any atom is 0 e. The summed E-state index contributed by atoms with van der Waals surface area (Å²) in [5.41, 5.74) is 1.05. The molecule has 1 radical (unpaired) electrons. The van der Waals surface area contributed by atoms with E-state index in [9.17, 15) is 0 Å². The van der Waals surface area contributed by atoms with E-state index in [1.54, 1.807) is 13.8 Å². The molecule has 0 saturated heterocycles. The summed E-state index contributed by atoms with van der Waals surface area (Å²) < 4.78 is 0. The second-order valence-corrected chi connectivity index (χ2v) is 1.47. The van der Waals surface area contributed by atoms with Crippen LogP contribution in [0.25, 0.3) is 0 Å². The fourth-order valence-corrected chi connectivity index (χ4v) is 0.233. The van der Waals surface area contributed by atoms with Gasteiger partial charge < -0.3 is 30.2 Å². The van der Waals surface area contributed by atoms with Gasteiger partial charge in [0.1, 0.15) is 0 Å². The van der Waals surface area contributed by atoms with Gasteiger partial charge in [-0.1, -0.05) is 0 Å². The first kappa shape index (κ1) is 11.9. The molecule has 0 heterocycles. The molecular weight excluding hydrogens is 185 g/mol. The quantitative estimate of drug-likeness (QED) is 0.338. The summed E-state index contributed by atoms with van der Waals surface area (Å²) in [6.45, 7) is 14.0. The SMILES string of the molecule is [CH-]=C(C)C(=[CH-])C#CC.[Y]. The van der Waals surface area contributed by atoms with E-state index in [0.717, 1.165) is 0 Å². The van der Waals surface area contributed by atoms with Crippen molar-refractivity contribution in [1.29, 1.82) is 0 Å². The van der Waals surface area contributed by atoms with E-state index in [0.29, 0.717) is 11.1 Å². The van der Waals surface area contributed by atoms with E-state index in [4.69, 9.17) is 13.2 Å². The normalized spacial score (nSPS) is 6.00. The van der Waals surface area contributed by atoms with Crippen molar-refractivity contribution in [3.63, 3.8) is 0 Å². The summed E-state index contributed by atoms with van der Waals surface area (Å²) in [5.74, 6) is 5.26. The predicted molar refractivity (Wildman–Crippen MR) is 34.7 cm³/mol. The maximum atomic E-state index is 5.31. The molecule has 0 N–H and O–H groups in total. The van der Waals surface area contributed by atoms with Crippen LogP contribution in [0.1, 0.15) is 13.8 Å². The van der Waals surface area contributed by atoms with Crippen molar-refractivity contribution in [3.8, 4) is 11.8 Å². The average Bonchev–Trinajstić information content (AvgIpc) is 1.67. The minimum absolute atomic E-state index is 0. The van der Waals surface area contributed by atoms with Crippen LogP contribution in [0.15, 0.2) is 11.1 Å². The molecule has 0 nitrogen and oxygen atoms in total. The monoisotopic (exact) mass is 193 g/mol. The second kappa shape index (κ2) is 6.27. The Bertz CT molecular complexity index is 167. The molecule has 0 fully saturated rings. The molecule has 1 heteroatoms. The zero-order valence-electron chi connectivity index (χ0n) is 5.73. The minimum atomic E-state index is 0. The van der Waals surface area contributed by atoms with E-state index in [2.05, 4.69) is 11.8 Å². The molecule has 0 aromatic heterocycles. The zero-order valence-corrected chi connectivity index (χ0v) is 8.57. The third-order valence-electron chi connectivity index (χ3n) is 0.685. The van der Waals surface area contributed by atoms with E-state index >= 15 is 0 Å². The van der Waals surface area contributed by atoms with E-state index in [1.165, 1.54) is 0 Å². The molecule has 0 spiro atoms. The van der Waals surface area contributed by atoms with Gasteiger partial charge in [0.15, 0.2) is 0 Å². The van der Waals surface area contributed by atoms with E-state index in [1.807, 2.05) is 0 Å². The maximum absolute atomic E-state index is 5.31. The van der Waals surface area contributed by atoms with Crippen LogP contribution in [0, 0.1) is 25.0 Å². The molecule has 0 atom stereocenters. The smallest absolute Gasteiger partial charge is 0 e. The molecule has 0 rings (SSSR count). The van der Waals surface area contributed by atoms with Crippen LogP contribution in [-0.2, 0) is 32.7 Å². The summed E-state index contributed by atoms with van der Waals surface area (Å²) in [4.78, 5) is 0. The Hall–Kier alpha value is 0.144. The molecule has 0 amide bonds. The van der Waals surface area contributed by atoms with Crippen LogP contribution in [0.2, 0.25) is 0 Å². The third-order valence-corrected chi connectivity index (χ3v) is 0.685. The average molecular weight is 193 g/mol. The van der Waals surface area contributed by atoms with Crippen LogP contribution < -0.4 is 0 Å². The molecular formula is C8H8Y-2. The minimum Gasteiger partial charge on any atom is -0.358 e. The molecule has 0 aliphatic heterocycles. The number of hydrogen-bond acceptors (Lipinski definition) is 0. The first-order chi connectivity index (χ1) is 3.68. The van der Waals surface area contributed by atoms with Crippen molar-refractivity contribution in [2.24, 2.45) is 0 Å². The molecule has 0 aromatic rings. The van der Waals surface area contributed by atoms with Gasteiger partial charge in [-0.15, -0.1) is 6.92 Å². The Labute approximate surface area is 82.3 Å². The van der Waals surface area contributed by atoms with Gasteiger partial charge in [0, 0.05) is 32.7 Å². The fraction of sp³-hybridized carbons (Fsp3) is 0.250. The summed E-state index contributed by atoms with van der Waals surface area (Å²) in [7, 11) is 0. The molecule has 0 unspecified atom stereocenters. The molecule has 9 heavy (non-hydrogen) atoms. The van der Waals surface area contributed by atoms with Crippen molar-refractivity contribution < 1.29 is 32.7 Å². The van der Waals surface area contributed by atoms with Crippen molar-refractivity contribution in [1.82, 2.24) is 0 Å². The third kappa shape index (κ3) is 6.02. The van der Waals surface area contributed by atoms with Crippen LogP contribution in [0.4, 0.5) is 0 Å². The van der Waals surface area contributed by atoms with Gasteiger partial charge in [0.2, 0.25) is 0 Å². The molecule has 0 saturated carbocycles. The van der Waals surface area contributed by atoms with Crippen LogP contribution >= 0.6 is 0 Å². The second-order valence-electron chi connectivity index (χ2n) is 1.47. The van der Waals surface area contributed by atoms with Crippen LogP contribution in [-0.4, -0.2) is 0 Å². The molecule has 0 bridgehead atoms. The molecule has 0 aromatic carbocycles. The Morgan fingerprint density at radius 1 is 1.33 bits per heavy atom. The van der Waals surface area contributed by atoms with E-state index in [-0.39, 0.29) is 32.7 Å². The van der Waals surface area contributed by atoms with Gasteiger partial charge in [0.25, 0.3) is 0 Å². The summed E-state index contributed by atoms with van der Waals surface area (Å²) in [5, 5.41) is 0. The van der Waals surface area contributed by atoms with Gasteiger partial charge in [0.05, 0.1) is 0 Å². The number of rotatable bonds is 1. The topological polar surface area (TPSA) is 0 Å². The molecule has 45 valence electrons. The van der Waals surface area contributed by atoms with E-state index < -0.39 is 0 Å². The van der Waals surface area contributed by atoms with Crippen molar-refractivity contribution in [2.45, 2.75) is 13.8 Å². The largest absolute Gasteiger partial charge is 0.358 e. The van der Waals surface area contributed by atoms with Gasteiger partial charge in [-0.2, -0.15) is 0 Å². The Morgan fingerprint density at radius 3 is 1.89 bits per heavy atom. The van der Waals surface area contributed by atoms with Gasteiger partial charge in [-0.3, -0.25) is 0 Å². The molecule has 0 aliphatic carbocycles. The number of hydrogen-bond donors (Lipinski definition) is 0. The zero-order chi connectivity index (χ0) is 6.57. The van der Waals surface area contributed by atoms with Crippen LogP contribution in [0.5, 0.6) is 0 Å². The first-order valence-corrected chi connectivity index (χ1v) is 2.33. The Morgan fingerprint density at radius 2 is 1.78 bits per heavy atom. The van der Waals surface area contributed by atoms with Crippen LogP contribution in [0.3, 0.4) is 0 Å². The van der Waals surface area contributed by atoms with Gasteiger partial charge in [-0.25, -0.2) is 5.92 Å². The number of allylic oxidation sites excluding steroid dienone is 2. The van der Waals surface area contributed by atoms with Crippen molar-refractivity contribution in [2.75, 3.05) is 0 Å². The molecule has 0 aliphatic rings. The Balaban J connectivity index is 0. The van der Waals surface area contributed by atoms with Gasteiger partial charge >= 0.3 is 0 Å². The van der Waals surface area contributed by atoms with Crippen molar-refractivity contribution >= 4 is 0 Å². The predicted octanol–water partition coefficient (Wildman–Crippen LogP) is 1.75.